The fraction of sp³-hybridized carbons (Fsp3) is 0.611. The first kappa shape index (κ1) is 15.3. The SMILES string of the molecule is COC(=O)N1CCc2cc(CN3CCCCC3)ccc2C1C. The molecule has 2 aliphatic rings. The molecular formula is C18H26N2O2. The third-order valence-corrected chi connectivity index (χ3v) is 5.01. The topological polar surface area (TPSA) is 32.8 Å². The van der Waals surface area contributed by atoms with Gasteiger partial charge in [0.05, 0.1) is 13.2 Å². The van der Waals surface area contributed by atoms with E-state index in [-0.39, 0.29) is 12.1 Å². The Morgan fingerprint density at radius 3 is 2.73 bits per heavy atom. The fourth-order valence-electron chi connectivity index (χ4n) is 3.73. The van der Waals surface area contributed by atoms with E-state index >= 15 is 0 Å². The molecule has 1 atom stereocenters. The van der Waals surface area contributed by atoms with Crippen LogP contribution in [0.3, 0.4) is 0 Å². The number of ether oxygens (including phenoxy) is 1. The Morgan fingerprint density at radius 1 is 1.23 bits per heavy atom. The van der Waals surface area contributed by atoms with Crippen LogP contribution < -0.4 is 0 Å². The van der Waals surface area contributed by atoms with E-state index in [2.05, 4.69) is 30.0 Å². The molecule has 0 spiro atoms. The van der Waals surface area contributed by atoms with Crippen molar-refractivity contribution in [3.63, 3.8) is 0 Å². The van der Waals surface area contributed by atoms with Crippen molar-refractivity contribution in [3.8, 4) is 0 Å². The van der Waals surface area contributed by atoms with Crippen LogP contribution in [0.2, 0.25) is 0 Å². The predicted molar refractivity (Wildman–Crippen MR) is 86.8 cm³/mol. The summed E-state index contributed by atoms with van der Waals surface area (Å²) in [6.07, 6.45) is 4.73. The van der Waals surface area contributed by atoms with Gasteiger partial charge in [0.25, 0.3) is 0 Å². The Labute approximate surface area is 133 Å². The first-order chi connectivity index (χ1) is 10.7. The van der Waals surface area contributed by atoms with E-state index in [0.717, 1.165) is 19.5 Å². The van der Waals surface area contributed by atoms with Gasteiger partial charge in [-0.1, -0.05) is 24.6 Å². The van der Waals surface area contributed by atoms with Crippen molar-refractivity contribution in [1.29, 1.82) is 0 Å². The number of carbonyl (C=O) groups is 1. The Morgan fingerprint density at radius 2 is 2.00 bits per heavy atom. The van der Waals surface area contributed by atoms with Crippen LogP contribution in [0.5, 0.6) is 0 Å². The zero-order chi connectivity index (χ0) is 15.5. The van der Waals surface area contributed by atoms with Crippen LogP contribution in [-0.4, -0.2) is 42.6 Å². The third-order valence-electron chi connectivity index (χ3n) is 5.01. The number of hydrogen-bond donors (Lipinski definition) is 0. The highest BCUT2D eigenvalue weighted by Crippen LogP contribution is 2.30. The third kappa shape index (κ3) is 3.12. The van der Waals surface area contributed by atoms with Gasteiger partial charge in [-0.05, 0) is 56.0 Å². The molecule has 120 valence electrons. The maximum atomic E-state index is 11.8. The van der Waals surface area contributed by atoms with Crippen LogP contribution in [0.15, 0.2) is 18.2 Å². The molecule has 1 unspecified atom stereocenters. The molecule has 4 heteroatoms. The van der Waals surface area contributed by atoms with Gasteiger partial charge < -0.3 is 9.64 Å². The van der Waals surface area contributed by atoms with Gasteiger partial charge in [0, 0.05) is 13.1 Å². The van der Waals surface area contributed by atoms with Gasteiger partial charge in [0.1, 0.15) is 0 Å². The lowest BCUT2D eigenvalue weighted by Crippen LogP contribution is -2.38. The average molecular weight is 302 g/mol. The van der Waals surface area contributed by atoms with Gasteiger partial charge in [0.2, 0.25) is 0 Å². The summed E-state index contributed by atoms with van der Waals surface area (Å²) < 4.78 is 4.88. The number of amides is 1. The molecule has 2 aliphatic heterocycles. The molecule has 22 heavy (non-hydrogen) atoms. The molecule has 0 bridgehead atoms. The average Bonchev–Trinajstić information content (AvgIpc) is 2.55. The normalized spacial score (nSPS) is 22.3. The summed E-state index contributed by atoms with van der Waals surface area (Å²) in [4.78, 5) is 16.2. The van der Waals surface area contributed by atoms with Gasteiger partial charge in [-0.25, -0.2) is 4.79 Å². The Kier molecular flexibility index (Phi) is 4.67. The second-order valence-electron chi connectivity index (χ2n) is 6.46. The molecule has 1 amide bonds. The van der Waals surface area contributed by atoms with Crippen molar-refractivity contribution in [1.82, 2.24) is 9.80 Å². The number of hydrogen-bond acceptors (Lipinski definition) is 3. The van der Waals surface area contributed by atoms with Crippen LogP contribution in [0.4, 0.5) is 4.79 Å². The van der Waals surface area contributed by atoms with Crippen molar-refractivity contribution in [2.45, 2.75) is 45.2 Å². The van der Waals surface area contributed by atoms with Crippen LogP contribution in [0.1, 0.15) is 48.9 Å². The lowest BCUT2D eigenvalue weighted by atomic mass is 9.92. The molecule has 1 aromatic rings. The summed E-state index contributed by atoms with van der Waals surface area (Å²) in [5, 5.41) is 0. The Hall–Kier alpha value is -1.55. The lowest BCUT2D eigenvalue weighted by molar-refractivity contribution is 0.105. The number of likely N-dealkylation sites (tertiary alicyclic amines) is 1. The standard InChI is InChI=1S/C18H26N2O2/c1-14-17-7-6-15(13-19-9-4-3-5-10-19)12-16(17)8-11-20(14)18(21)22-2/h6-7,12,14H,3-5,8-11,13H2,1-2H3. The monoisotopic (exact) mass is 302 g/mol. The number of piperidine rings is 1. The van der Waals surface area contributed by atoms with Crippen molar-refractivity contribution in [2.24, 2.45) is 0 Å². The molecule has 1 saturated heterocycles. The maximum absolute atomic E-state index is 11.8. The number of fused-ring (bicyclic) bond motifs is 1. The van der Waals surface area contributed by atoms with Crippen molar-refractivity contribution >= 4 is 6.09 Å². The molecule has 0 aromatic heterocycles. The Balaban J connectivity index is 1.73. The summed E-state index contributed by atoms with van der Waals surface area (Å²) >= 11 is 0. The van der Waals surface area contributed by atoms with Crippen molar-refractivity contribution in [2.75, 3.05) is 26.7 Å². The van der Waals surface area contributed by atoms with E-state index < -0.39 is 0 Å². The van der Waals surface area contributed by atoms with E-state index in [1.165, 1.54) is 56.2 Å². The molecule has 1 aromatic carbocycles. The van der Waals surface area contributed by atoms with Gasteiger partial charge in [-0.3, -0.25) is 4.90 Å². The molecule has 0 aliphatic carbocycles. The van der Waals surface area contributed by atoms with E-state index in [1.54, 1.807) is 0 Å². The molecule has 0 radical (unpaired) electrons. The fourth-order valence-corrected chi connectivity index (χ4v) is 3.73. The highest BCUT2D eigenvalue weighted by Gasteiger charge is 2.28. The van der Waals surface area contributed by atoms with Gasteiger partial charge >= 0.3 is 6.09 Å². The number of benzene rings is 1. The van der Waals surface area contributed by atoms with Gasteiger partial charge in [-0.2, -0.15) is 0 Å². The highest BCUT2D eigenvalue weighted by atomic mass is 16.5. The highest BCUT2D eigenvalue weighted by molar-refractivity contribution is 5.68. The van der Waals surface area contributed by atoms with Crippen molar-refractivity contribution in [3.05, 3.63) is 34.9 Å². The van der Waals surface area contributed by atoms with Crippen LogP contribution in [0, 0.1) is 0 Å². The first-order valence-electron chi connectivity index (χ1n) is 8.37. The Bertz CT molecular complexity index is 538. The molecule has 1 fully saturated rings. The van der Waals surface area contributed by atoms with Gasteiger partial charge in [-0.15, -0.1) is 0 Å². The molecule has 4 nitrogen and oxygen atoms in total. The molecule has 3 rings (SSSR count). The second kappa shape index (κ2) is 6.69. The minimum Gasteiger partial charge on any atom is -0.453 e. The van der Waals surface area contributed by atoms with E-state index in [9.17, 15) is 4.79 Å². The minimum absolute atomic E-state index is 0.0974. The predicted octanol–water partition coefficient (Wildman–Crippen LogP) is 3.36. The van der Waals surface area contributed by atoms with Gasteiger partial charge in [0.15, 0.2) is 0 Å². The summed E-state index contributed by atoms with van der Waals surface area (Å²) in [6.45, 7) is 6.34. The number of carbonyl (C=O) groups excluding carboxylic acids is 1. The smallest absolute Gasteiger partial charge is 0.409 e. The summed E-state index contributed by atoms with van der Waals surface area (Å²) in [7, 11) is 1.45. The zero-order valence-electron chi connectivity index (χ0n) is 13.7. The lowest BCUT2D eigenvalue weighted by Gasteiger charge is -2.34. The molecule has 0 N–H and O–H groups in total. The summed E-state index contributed by atoms with van der Waals surface area (Å²) in [5.41, 5.74) is 4.06. The zero-order valence-corrected chi connectivity index (χ0v) is 13.7. The maximum Gasteiger partial charge on any atom is 0.409 e. The molecule has 2 heterocycles. The van der Waals surface area contributed by atoms with Crippen molar-refractivity contribution < 1.29 is 9.53 Å². The summed E-state index contributed by atoms with van der Waals surface area (Å²) in [6, 6.07) is 6.87. The number of nitrogens with zero attached hydrogens (tertiary/aromatic N) is 2. The number of methoxy groups -OCH3 is 1. The van der Waals surface area contributed by atoms with Crippen LogP contribution in [-0.2, 0) is 17.7 Å². The largest absolute Gasteiger partial charge is 0.453 e. The first-order valence-corrected chi connectivity index (χ1v) is 8.37. The van der Waals surface area contributed by atoms with Crippen LogP contribution in [0.25, 0.3) is 0 Å². The quantitative estimate of drug-likeness (QED) is 0.840. The van der Waals surface area contributed by atoms with Crippen LogP contribution >= 0.6 is 0 Å². The molecular weight excluding hydrogens is 276 g/mol. The molecule has 0 saturated carbocycles. The van der Waals surface area contributed by atoms with E-state index in [4.69, 9.17) is 4.74 Å². The van der Waals surface area contributed by atoms with E-state index in [0.29, 0.717) is 0 Å². The van der Waals surface area contributed by atoms with E-state index in [1.807, 2.05) is 4.90 Å². The summed E-state index contributed by atoms with van der Waals surface area (Å²) in [5.74, 6) is 0. The minimum atomic E-state index is -0.226. The second-order valence-corrected chi connectivity index (χ2v) is 6.46. The number of rotatable bonds is 2.